The molecular formula is C20H26N2O3. The summed E-state index contributed by atoms with van der Waals surface area (Å²) in [5.41, 5.74) is 2.47. The first kappa shape index (κ1) is 18.9. The summed E-state index contributed by atoms with van der Waals surface area (Å²) >= 11 is 0. The van der Waals surface area contributed by atoms with Crippen molar-refractivity contribution >= 4 is 5.69 Å². The standard InChI is InChI=1S/C20H26N2O3/c1-3-20(2,21-15-13-17-6-10-19(23)11-7-17)14-12-16-4-8-18(9-5-16)22(24)25/h4-11,21,23H,3,12-15H2,1-2H3. The average Bonchev–Trinajstić information content (AvgIpc) is 2.62. The van der Waals surface area contributed by atoms with Gasteiger partial charge in [-0.05, 0) is 62.4 Å². The molecule has 25 heavy (non-hydrogen) atoms. The first-order chi connectivity index (χ1) is 11.9. The van der Waals surface area contributed by atoms with E-state index in [1.54, 1.807) is 24.3 Å². The molecule has 0 radical (unpaired) electrons. The van der Waals surface area contributed by atoms with Gasteiger partial charge in [-0.3, -0.25) is 10.1 Å². The molecule has 0 aliphatic carbocycles. The van der Waals surface area contributed by atoms with Gasteiger partial charge >= 0.3 is 0 Å². The van der Waals surface area contributed by atoms with Crippen LogP contribution in [0.1, 0.15) is 37.8 Å². The van der Waals surface area contributed by atoms with E-state index in [1.807, 2.05) is 24.3 Å². The van der Waals surface area contributed by atoms with Crippen molar-refractivity contribution < 1.29 is 10.0 Å². The third kappa shape index (κ3) is 5.87. The van der Waals surface area contributed by atoms with E-state index >= 15 is 0 Å². The average molecular weight is 342 g/mol. The van der Waals surface area contributed by atoms with Gasteiger partial charge < -0.3 is 10.4 Å². The van der Waals surface area contributed by atoms with Crippen molar-refractivity contribution in [1.82, 2.24) is 5.32 Å². The van der Waals surface area contributed by atoms with E-state index in [4.69, 9.17) is 0 Å². The van der Waals surface area contributed by atoms with Crippen LogP contribution in [0.4, 0.5) is 5.69 Å². The zero-order valence-electron chi connectivity index (χ0n) is 14.9. The maximum Gasteiger partial charge on any atom is 0.269 e. The third-order valence-electron chi connectivity index (χ3n) is 4.79. The topological polar surface area (TPSA) is 75.4 Å². The minimum Gasteiger partial charge on any atom is -0.508 e. The number of hydrogen-bond acceptors (Lipinski definition) is 4. The fourth-order valence-electron chi connectivity index (χ4n) is 2.77. The Morgan fingerprint density at radius 1 is 1.04 bits per heavy atom. The van der Waals surface area contributed by atoms with E-state index in [0.717, 1.165) is 37.8 Å². The highest BCUT2D eigenvalue weighted by molar-refractivity contribution is 5.33. The normalized spacial score (nSPS) is 13.4. The molecule has 0 amide bonds. The van der Waals surface area contributed by atoms with Crippen LogP contribution < -0.4 is 5.32 Å². The molecule has 2 aromatic rings. The smallest absolute Gasteiger partial charge is 0.269 e. The number of benzene rings is 2. The number of nitrogens with one attached hydrogen (secondary N) is 1. The molecule has 0 heterocycles. The summed E-state index contributed by atoms with van der Waals surface area (Å²) < 4.78 is 0. The van der Waals surface area contributed by atoms with Crippen molar-refractivity contribution in [2.24, 2.45) is 0 Å². The summed E-state index contributed by atoms with van der Waals surface area (Å²) in [6.45, 7) is 5.26. The Labute approximate surface area is 148 Å². The number of nitrogens with zero attached hydrogens (tertiary/aromatic N) is 1. The van der Waals surface area contributed by atoms with Crippen molar-refractivity contribution in [2.75, 3.05) is 6.54 Å². The Balaban J connectivity index is 1.84. The molecule has 0 spiro atoms. The number of phenolic OH excluding ortho intramolecular Hbond substituents is 1. The Hall–Kier alpha value is -2.40. The lowest BCUT2D eigenvalue weighted by atomic mass is 9.90. The van der Waals surface area contributed by atoms with Crippen molar-refractivity contribution in [3.8, 4) is 5.75 Å². The van der Waals surface area contributed by atoms with Gasteiger partial charge in [0.1, 0.15) is 5.75 Å². The van der Waals surface area contributed by atoms with E-state index in [9.17, 15) is 15.2 Å². The summed E-state index contributed by atoms with van der Waals surface area (Å²) in [6, 6.07) is 14.1. The van der Waals surface area contributed by atoms with Gasteiger partial charge in [0.15, 0.2) is 0 Å². The Kier molecular flexibility index (Phi) is 6.53. The van der Waals surface area contributed by atoms with Crippen LogP contribution in [0.25, 0.3) is 0 Å². The molecule has 0 fully saturated rings. The molecule has 2 N–H and O–H groups in total. The largest absolute Gasteiger partial charge is 0.508 e. The fourth-order valence-corrected chi connectivity index (χ4v) is 2.77. The Morgan fingerprint density at radius 2 is 1.60 bits per heavy atom. The summed E-state index contributed by atoms with van der Waals surface area (Å²) in [6.07, 6.45) is 3.77. The minimum absolute atomic E-state index is 0.0265. The molecule has 134 valence electrons. The number of nitro benzene ring substituents is 1. The van der Waals surface area contributed by atoms with Crippen LogP contribution in [0.3, 0.4) is 0 Å². The number of aryl methyl sites for hydroxylation is 1. The van der Waals surface area contributed by atoms with Gasteiger partial charge in [-0.25, -0.2) is 0 Å². The van der Waals surface area contributed by atoms with Gasteiger partial charge in [-0.15, -0.1) is 0 Å². The zero-order valence-corrected chi connectivity index (χ0v) is 14.9. The molecule has 0 saturated heterocycles. The van der Waals surface area contributed by atoms with Gasteiger partial charge in [-0.1, -0.05) is 31.2 Å². The summed E-state index contributed by atoms with van der Waals surface area (Å²) in [5, 5.41) is 23.7. The first-order valence-corrected chi connectivity index (χ1v) is 8.68. The highest BCUT2D eigenvalue weighted by Gasteiger charge is 2.20. The van der Waals surface area contributed by atoms with Gasteiger partial charge in [0, 0.05) is 17.7 Å². The van der Waals surface area contributed by atoms with Crippen LogP contribution in [0, 0.1) is 10.1 Å². The molecule has 5 heteroatoms. The highest BCUT2D eigenvalue weighted by Crippen LogP contribution is 2.20. The second-order valence-electron chi connectivity index (χ2n) is 6.68. The lowest BCUT2D eigenvalue weighted by molar-refractivity contribution is -0.384. The van der Waals surface area contributed by atoms with Gasteiger partial charge in [0.2, 0.25) is 0 Å². The predicted molar refractivity (Wildman–Crippen MR) is 99.9 cm³/mol. The number of nitro groups is 1. The highest BCUT2D eigenvalue weighted by atomic mass is 16.6. The SMILES string of the molecule is CCC(C)(CCc1ccc([N+](=O)[O-])cc1)NCCc1ccc(O)cc1. The first-order valence-electron chi connectivity index (χ1n) is 8.68. The predicted octanol–water partition coefficient (Wildman–Crippen LogP) is 4.23. The van der Waals surface area contributed by atoms with E-state index in [2.05, 4.69) is 19.2 Å². The van der Waals surface area contributed by atoms with E-state index in [-0.39, 0.29) is 16.1 Å². The molecule has 2 aromatic carbocycles. The van der Waals surface area contributed by atoms with Crippen molar-refractivity contribution in [1.29, 1.82) is 0 Å². The van der Waals surface area contributed by atoms with E-state index in [0.29, 0.717) is 5.75 Å². The van der Waals surface area contributed by atoms with Crippen LogP contribution in [0.15, 0.2) is 48.5 Å². The van der Waals surface area contributed by atoms with Gasteiger partial charge in [0.25, 0.3) is 5.69 Å². The minimum atomic E-state index is -0.370. The number of non-ortho nitro benzene ring substituents is 1. The van der Waals surface area contributed by atoms with Crippen LogP contribution in [0.5, 0.6) is 5.75 Å². The van der Waals surface area contributed by atoms with E-state index in [1.165, 1.54) is 5.56 Å². The number of phenols is 1. The summed E-state index contributed by atoms with van der Waals surface area (Å²) in [4.78, 5) is 10.3. The van der Waals surface area contributed by atoms with Gasteiger partial charge in [-0.2, -0.15) is 0 Å². The fraction of sp³-hybridized carbons (Fsp3) is 0.400. The zero-order chi connectivity index (χ0) is 18.3. The maximum atomic E-state index is 10.7. The van der Waals surface area contributed by atoms with Crippen molar-refractivity contribution in [3.05, 3.63) is 69.8 Å². The second-order valence-corrected chi connectivity index (χ2v) is 6.68. The third-order valence-corrected chi connectivity index (χ3v) is 4.79. The number of hydrogen-bond donors (Lipinski definition) is 2. The van der Waals surface area contributed by atoms with Gasteiger partial charge in [0.05, 0.1) is 4.92 Å². The van der Waals surface area contributed by atoms with Crippen LogP contribution >= 0.6 is 0 Å². The number of rotatable bonds is 9. The lowest BCUT2D eigenvalue weighted by Gasteiger charge is -2.30. The molecular weight excluding hydrogens is 316 g/mol. The molecule has 1 atom stereocenters. The Bertz CT molecular complexity index is 683. The van der Waals surface area contributed by atoms with Crippen molar-refractivity contribution in [2.45, 2.75) is 45.1 Å². The summed E-state index contributed by atoms with van der Waals surface area (Å²) in [5.74, 6) is 0.290. The van der Waals surface area contributed by atoms with E-state index < -0.39 is 0 Å². The Morgan fingerprint density at radius 3 is 2.16 bits per heavy atom. The van der Waals surface area contributed by atoms with Crippen LogP contribution in [0.2, 0.25) is 0 Å². The molecule has 0 saturated carbocycles. The molecule has 5 nitrogen and oxygen atoms in total. The molecule has 0 aliphatic rings. The number of aromatic hydroxyl groups is 1. The summed E-state index contributed by atoms with van der Waals surface area (Å²) in [7, 11) is 0. The molecule has 1 unspecified atom stereocenters. The second kappa shape index (κ2) is 8.62. The molecule has 0 aliphatic heterocycles. The van der Waals surface area contributed by atoms with Crippen molar-refractivity contribution in [3.63, 3.8) is 0 Å². The molecule has 2 rings (SSSR count). The van der Waals surface area contributed by atoms with Crippen LogP contribution in [-0.4, -0.2) is 22.1 Å². The maximum absolute atomic E-state index is 10.7. The molecule has 0 aromatic heterocycles. The lowest BCUT2D eigenvalue weighted by Crippen LogP contribution is -2.43. The molecule has 0 bridgehead atoms. The van der Waals surface area contributed by atoms with Crippen LogP contribution in [-0.2, 0) is 12.8 Å². The monoisotopic (exact) mass is 342 g/mol. The quantitative estimate of drug-likeness (QED) is 0.528.